The Kier molecular flexibility index (Phi) is 7.83. The molecule has 1 saturated carbocycles. The molecule has 7 nitrogen and oxygen atoms in total. The molecule has 2 aliphatic heterocycles. The molecule has 2 heterocycles. The minimum Gasteiger partial charge on any atom is -0.493 e. The number of allylic oxidation sites excluding steroid dienone is 1. The number of benzene rings is 1. The molecule has 1 aliphatic carbocycles. The number of carbonyl (C=O) groups excluding carboxylic acids is 1. The van der Waals surface area contributed by atoms with Crippen LogP contribution in [-0.4, -0.2) is 62.4 Å². The predicted octanol–water partition coefficient (Wildman–Crippen LogP) is 5.12. The van der Waals surface area contributed by atoms with Gasteiger partial charge in [0.2, 0.25) is 0 Å². The van der Waals surface area contributed by atoms with E-state index >= 15 is 0 Å². The van der Waals surface area contributed by atoms with Gasteiger partial charge in [0.1, 0.15) is 23.4 Å². The van der Waals surface area contributed by atoms with Crippen molar-refractivity contribution in [2.24, 2.45) is 5.92 Å². The molecule has 3 aliphatic rings. The third-order valence-electron chi connectivity index (χ3n) is 7.47. The monoisotopic (exact) mass is 500 g/mol. The molecule has 4 rings (SSSR count). The molecule has 0 amide bonds. The Morgan fingerprint density at radius 3 is 2.58 bits per heavy atom. The minimum atomic E-state index is -0.404. The quantitative estimate of drug-likeness (QED) is 0.191. The largest absolute Gasteiger partial charge is 0.493 e. The maximum Gasteiger partial charge on any atom is 0.331 e. The van der Waals surface area contributed by atoms with Gasteiger partial charge < -0.3 is 28.4 Å². The van der Waals surface area contributed by atoms with Gasteiger partial charge in [0.05, 0.1) is 31.8 Å². The van der Waals surface area contributed by atoms with E-state index in [2.05, 4.69) is 26.8 Å². The van der Waals surface area contributed by atoms with E-state index in [1.807, 2.05) is 32.0 Å². The molecule has 6 atom stereocenters. The summed E-state index contributed by atoms with van der Waals surface area (Å²) in [6.45, 7) is 10.9. The molecule has 2 unspecified atom stereocenters. The van der Waals surface area contributed by atoms with Crippen LogP contribution in [-0.2, 0) is 23.7 Å². The van der Waals surface area contributed by atoms with Crippen molar-refractivity contribution in [1.29, 1.82) is 0 Å². The molecule has 0 N–H and O–H groups in total. The van der Waals surface area contributed by atoms with Crippen molar-refractivity contribution in [3.05, 3.63) is 41.5 Å². The van der Waals surface area contributed by atoms with E-state index in [9.17, 15) is 4.79 Å². The summed E-state index contributed by atoms with van der Waals surface area (Å²) >= 11 is 0. The lowest BCUT2D eigenvalue weighted by atomic mass is 9.68. The molecule has 1 aromatic carbocycles. The molecule has 198 valence electrons. The Bertz CT molecular complexity index is 1000. The van der Waals surface area contributed by atoms with Crippen LogP contribution in [0.1, 0.15) is 59.4 Å². The Morgan fingerprint density at radius 1 is 1.22 bits per heavy atom. The molecule has 0 aromatic heterocycles. The maximum atomic E-state index is 12.8. The summed E-state index contributed by atoms with van der Waals surface area (Å²) < 4.78 is 35.3. The highest BCUT2D eigenvalue weighted by Gasteiger charge is 2.72. The number of ether oxygens (including phenoxy) is 6. The zero-order chi connectivity index (χ0) is 26.1. The van der Waals surface area contributed by atoms with E-state index in [0.717, 1.165) is 18.4 Å². The zero-order valence-electron chi connectivity index (χ0n) is 22.5. The Morgan fingerprint density at radius 2 is 1.97 bits per heavy atom. The Hall–Kier alpha value is -2.35. The Labute approximate surface area is 214 Å². The van der Waals surface area contributed by atoms with E-state index in [1.54, 1.807) is 20.3 Å². The lowest BCUT2D eigenvalue weighted by Gasteiger charge is -2.42. The second kappa shape index (κ2) is 10.6. The van der Waals surface area contributed by atoms with Gasteiger partial charge in [0.15, 0.2) is 11.5 Å². The fourth-order valence-corrected chi connectivity index (χ4v) is 5.57. The molecular weight excluding hydrogens is 460 g/mol. The number of hydrogen-bond donors (Lipinski definition) is 0. The second-order valence-electron chi connectivity index (χ2n) is 10.8. The summed E-state index contributed by atoms with van der Waals surface area (Å²) in [5.41, 5.74) is 1.49. The number of esters is 1. The van der Waals surface area contributed by atoms with Gasteiger partial charge in [0.25, 0.3) is 0 Å². The molecule has 3 fully saturated rings. The standard InChI is InChI=1S/C29H40O7/c1-18(2)8-12-24-28(5,36-24)27-26(32-7)22(14-15-29(27)17-33-29)35-25(30)13-10-20-9-11-21(31-6)23(16-20)34-19(3)4/h8-11,13,16,19,22,24,26-27H,12,14-15,17H2,1-7H3/b13-10+/t22-,24?,26-,27?,28-,29+/m1/s1. The summed E-state index contributed by atoms with van der Waals surface area (Å²) in [5.74, 6) is 0.874. The molecule has 1 aromatic rings. The SMILES string of the molecule is COc1ccc(/C=C/C(=O)O[C@@H]2CC[C@]3(CO3)C([C@]3(C)OC3CC=C(C)C)[C@@H]2OC)cc1OC(C)C. The van der Waals surface area contributed by atoms with Gasteiger partial charge in [0, 0.05) is 13.2 Å². The Balaban J connectivity index is 1.44. The fraction of sp³-hybridized carbons (Fsp3) is 0.621. The van der Waals surface area contributed by atoms with Crippen LogP contribution in [0.4, 0.5) is 0 Å². The first-order chi connectivity index (χ1) is 17.1. The fourth-order valence-electron chi connectivity index (χ4n) is 5.57. The van der Waals surface area contributed by atoms with E-state index in [-0.39, 0.29) is 41.5 Å². The van der Waals surface area contributed by atoms with Gasteiger partial charge in [-0.2, -0.15) is 0 Å². The smallest absolute Gasteiger partial charge is 0.331 e. The molecular formula is C29H40O7. The van der Waals surface area contributed by atoms with Gasteiger partial charge in [-0.15, -0.1) is 0 Å². The van der Waals surface area contributed by atoms with E-state index in [1.165, 1.54) is 11.6 Å². The molecule has 36 heavy (non-hydrogen) atoms. The van der Waals surface area contributed by atoms with Crippen LogP contribution in [0, 0.1) is 5.92 Å². The highest BCUT2D eigenvalue weighted by atomic mass is 16.6. The summed E-state index contributed by atoms with van der Waals surface area (Å²) in [5, 5.41) is 0. The molecule has 0 bridgehead atoms. The molecule has 2 saturated heterocycles. The first kappa shape index (κ1) is 26.7. The van der Waals surface area contributed by atoms with Gasteiger partial charge in [-0.25, -0.2) is 4.79 Å². The highest BCUT2D eigenvalue weighted by molar-refractivity contribution is 5.87. The van der Waals surface area contributed by atoms with Gasteiger partial charge in [-0.05, 0) is 77.7 Å². The van der Waals surface area contributed by atoms with Crippen LogP contribution in [0.3, 0.4) is 0 Å². The topological polar surface area (TPSA) is 79.1 Å². The summed E-state index contributed by atoms with van der Waals surface area (Å²) in [7, 11) is 3.28. The van der Waals surface area contributed by atoms with Crippen molar-refractivity contribution in [3.8, 4) is 11.5 Å². The number of methoxy groups -OCH3 is 2. The van der Waals surface area contributed by atoms with Gasteiger partial charge in [-0.1, -0.05) is 17.7 Å². The lowest BCUT2D eigenvalue weighted by Crippen LogP contribution is -2.55. The number of carbonyl (C=O) groups is 1. The van der Waals surface area contributed by atoms with Gasteiger partial charge >= 0.3 is 5.97 Å². The maximum absolute atomic E-state index is 12.8. The second-order valence-corrected chi connectivity index (χ2v) is 10.8. The predicted molar refractivity (Wildman–Crippen MR) is 137 cm³/mol. The molecule has 1 spiro atoms. The average Bonchev–Trinajstić information content (AvgIpc) is 3.74. The minimum absolute atomic E-state index is 0.00146. The van der Waals surface area contributed by atoms with Crippen molar-refractivity contribution in [2.75, 3.05) is 20.8 Å². The van der Waals surface area contributed by atoms with E-state index < -0.39 is 5.97 Å². The summed E-state index contributed by atoms with van der Waals surface area (Å²) in [6, 6.07) is 5.55. The number of rotatable bonds is 10. The highest BCUT2D eigenvalue weighted by Crippen LogP contribution is 2.59. The van der Waals surface area contributed by atoms with Gasteiger partial charge in [-0.3, -0.25) is 0 Å². The van der Waals surface area contributed by atoms with E-state index in [0.29, 0.717) is 24.5 Å². The normalized spacial score (nSPS) is 33.0. The van der Waals surface area contributed by atoms with Crippen molar-refractivity contribution in [2.45, 2.75) is 89.5 Å². The number of epoxide rings is 2. The summed E-state index contributed by atoms with van der Waals surface area (Å²) in [4.78, 5) is 12.8. The first-order valence-corrected chi connectivity index (χ1v) is 12.8. The first-order valence-electron chi connectivity index (χ1n) is 12.8. The van der Waals surface area contributed by atoms with Crippen LogP contribution >= 0.6 is 0 Å². The average molecular weight is 501 g/mol. The van der Waals surface area contributed by atoms with Crippen LogP contribution in [0.15, 0.2) is 35.9 Å². The molecule has 7 heteroatoms. The van der Waals surface area contributed by atoms with Crippen LogP contribution < -0.4 is 9.47 Å². The van der Waals surface area contributed by atoms with Crippen molar-refractivity contribution in [1.82, 2.24) is 0 Å². The lowest BCUT2D eigenvalue weighted by molar-refractivity contribution is -0.166. The van der Waals surface area contributed by atoms with Crippen molar-refractivity contribution in [3.63, 3.8) is 0 Å². The summed E-state index contributed by atoms with van der Waals surface area (Å²) in [6.07, 6.45) is 7.21. The number of hydrogen-bond acceptors (Lipinski definition) is 7. The van der Waals surface area contributed by atoms with Crippen molar-refractivity contribution >= 4 is 12.0 Å². The van der Waals surface area contributed by atoms with Crippen molar-refractivity contribution < 1.29 is 33.2 Å². The van der Waals surface area contributed by atoms with Crippen LogP contribution in [0.2, 0.25) is 0 Å². The van der Waals surface area contributed by atoms with Crippen LogP contribution in [0.5, 0.6) is 11.5 Å². The zero-order valence-corrected chi connectivity index (χ0v) is 22.5. The van der Waals surface area contributed by atoms with Crippen LogP contribution in [0.25, 0.3) is 6.08 Å². The van der Waals surface area contributed by atoms with E-state index in [4.69, 9.17) is 28.4 Å². The third-order valence-corrected chi connectivity index (χ3v) is 7.47. The molecule has 0 radical (unpaired) electrons. The third kappa shape index (κ3) is 5.63.